The molecule has 0 bridgehead atoms. The highest BCUT2D eigenvalue weighted by Crippen LogP contribution is 2.11. The number of aromatic nitrogens is 4. The molecule has 0 atom stereocenters. The largest absolute Gasteiger partial charge is 0.459 e. The van der Waals surface area contributed by atoms with Crippen LogP contribution in [-0.4, -0.2) is 37.0 Å². The zero-order chi connectivity index (χ0) is 18.1. The summed E-state index contributed by atoms with van der Waals surface area (Å²) in [6.45, 7) is 8.57. The number of carbonyl (C=O) groups is 2. The van der Waals surface area contributed by atoms with E-state index in [4.69, 9.17) is 4.74 Å². The minimum Gasteiger partial charge on any atom is -0.459 e. The van der Waals surface area contributed by atoms with E-state index in [1.165, 1.54) is 10.9 Å². The maximum Gasteiger partial charge on any atom is 0.326 e. The van der Waals surface area contributed by atoms with Crippen LogP contribution in [0.3, 0.4) is 0 Å². The summed E-state index contributed by atoms with van der Waals surface area (Å²) in [5.74, 6) is -0.992. The van der Waals surface area contributed by atoms with Crippen molar-refractivity contribution in [1.29, 1.82) is 0 Å². The van der Waals surface area contributed by atoms with Crippen molar-refractivity contribution in [3.8, 4) is 0 Å². The van der Waals surface area contributed by atoms with Crippen molar-refractivity contribution < 1.29 is 14.3 Å². The van der Waals surface area contributed by atoms with Gasteiger partial charge in [0.1, 0.15) is 12.1 Å². The van der Waals surface area contributed by atoms with Crippen molar-refractivity contribution in [3.63, 3.8) is 0 Å². The molecule has 9 heteroatoms. The highest BCUT2D eigenvalue weighted by molar-refractivity contribution is 5.91. The van der Waals surface area contributed by atoms with E-state index in [1.807, 2.05) is 0 Å². The number of rotatable bonds is 4. The molecule has 0 radical (unpaired) electrons. The minimum absolute atomic E-state index is 0.0220. The lowest BCUT2D eigenvalue weighted by Gasteiger charge is -2.19. The molecule has 0 aromatic carbocycles. The average Bonchev–Trinajstić information content (AvgIpc) is 2.79. The Bertz CT molecular complexity index is 828. The normalized spacial score (nSPS) is 11.8. The van der Waals surface area contributed by atoms with E-state index in [0.717, 1.165) is 0 Å². The van der Waals surface area contributed by atoms with Gasteiger partial charge in [0.25, 0.3) is 5.56 Å². The van der Waals surface area contributed by atoms with Crippen molar-refractivity contribution >= 4 is 29.0 Å². The van der Waals surface area contributed by atoms with Gasteiger partial charge in [0, 0.05) is 5.92 Å². The number of amides is 1. The third-order valence-electron chi connectivity index (χ3n) is 2.97. The first kappa shape index (κ1) is 17.6. The topological polar surface area (TPSA) is 119 Å². The molecule has 2 rings (SSSR count). The fourth-order valence-corrected chi connectivity index (χ4v) is 1.94. The molecule has 130 valence electrons. The number of fused-ring (bicyclic) bond motifs is 1. The predicted molar refractivity (Wildman–Crippen MR) is 87.5 cm³/mol. The van der Waals surface area contributed by atoms with E-state index in [1.54, 1.807) is 34.6 Å². The van der Waals surface area contributed by atoms with Gasteiger partial charge in [0.2, 0.25) is 11.9 Å². The minimum atomic E-state index is -0.619. The summed E-state index contributed by atoms with van der Waals surface area (Å²) in [6, 6.07) is 0. The Morgan fingerprint density at radius 2 is 2.04 bits per heavy atom. The highest BCUT2D eigenvalue weighted by atomic mass is 16.6. The number of aromatic amines is 1. The van der Waals surface area contributed by atoms with Crippen LogP contribution < -0.4 is 10.9 Å². The third kappa shape index (κ3) is 4.18. The second-order valence-electron chi connectivity index (χ2n) is 6.69. The molecule has 24 heavy (non-hydrogen) atoms. The third-order valence-corrected chi connectivity index (χ3v) is 2.97. The van der Waals surface area contributed by atoms with Crippen LogP contribution in [0, 0.1) is 5.92 Å². The molecule has 0 saturated carbocycles. The molecule has 2 heterocycles. The van der Waals surface area contributed by atoms with Crippen molar-refractivity contribution in [2.24, 2.45) is 5.92 Å². The van der Waals surface area contributed by atoms with Gasteiger partial charge < -0.3 is 9.30 Å². The lowest BCUT2D eigenvalue weighted by atomic mass is 10.2. The maximum absolute atomic E-state index is 12.2. The molecule has 0 unspecified atom stereocenters. The number of carbonyl (C=O) groups excluding carboxylic acids is 2. The number of hydrogen-bond donors (Lipinski definition) is 2. The molecule has 0 saturated heterocycles. The number of nitrogens with zero attached hydrogens (tertiary/aromatic N) is 3. The van der Waals surface area contributed by atoms with E-state index in [9.17, 15) is 14.4 Å². The van der Waals surface area contributed by atoms with Gasteiger partial charge in [-0.25, -0.2) is 4.98 Å². The maximum atomic E-state index is 12.2. The quantitative estimate of drug-likeness (QED) is 0.806. The Labute approximate surface area is 138 Å². The van der Waals surface area contributed by atoms with Crippen LogP contribution >= 0.6 is 0 Å². The van der Waals surface area contributed by atoms with Gasteiger partial charge in [-0.1, -0.05) is 13.8 Å². The zero-order valence-corrected chi connectivity index (χ0v) is 14.3. The Morgan fingerprint density at radius 1 is 1.38 bits per heavy atom. The molecular weight excluding hydrogens is 314 g/mol. The Kier molecular flexibility index (Phi) is 4.72. The monoisotopic (exact) mass is 335 g/mol. The second kappa shape index (κ2) is 6.42. The number of nitrogens with one attached hydrogen (secondary N) is 2. The Hall–Kier alpha value is -2.71. The number of esters is 1. The van der Waals surface area contributed by atoms with Gasteiger partial charge in [-0.15, -0.1) is 0 Å². The van der Waals surface area contributed by atoms with Gasteiger partial charge in [-0.3, -0.25) is 24.7 Å². The number of anilines is 1. The second-order valence-corrected chi connectivity index (χ2v) is 6.69. The van der Waals surface area contributed by atoms with E-state index >= 15 is 0 Å². The van der Waals surface area contributed by atoms with Gasteiger partial charge in [0.15, 0.2) is 11.2 Å². The van der Waals surface area contributed by atoms with Crippen LogP contribution in [0.2, 0.25) is 0 Å². The SMILES string of the molecule is CC(C)C(=O)Nc1nc2ncn(CC(=O)OC(C)(C)C)c2c(=O)[nH]1. The highest BCUT2D eigenvalue weighted by Gasteiger charge is 2.19. The van der Waals surface area contributed by atoms with E-state index in [2.05, 4.69) is 20.3 Å². The summed E-state index contributed by atoms with van der Waals surface area (Å²) >= 11 is 0. The fraction of sp³-hybridized carbons (Fsp3) is 0.533. The van der Waals surface area contributed by atoms with Crippen LogP contribution in [-0.2, 0) is 20.9 Å². The number of H-pyrrole nitrogens is 1. The summed E-state index contributed by atoms with van der Waals surface area (Å²) in [5, 5.41) is 2.51. The summed E-state index contributed by atoms with van der Waals surface area (Å²) in [6.07, 6.45) is 1.34. The molecule has 0 aliphatic carbocycles. The fourth-order valence-electron chi connectivity index (χ4n) is 1.94. The molecule has 0 aliphatic rings. The standard InChI is InChI=1S/C15H21N5O4/c1-8(2)12(22)18-14-17-11-10(13(23)19-14)20(7-16-11)6-9(21)24-15(3,4)5/h7-8H,6H2,1-5H3,(H2,17,18,19,22,23). The molecule has 2 N–H and O–H groups in total. The van der Waals surface area contributed by atoms with Crippen LogP contribution in [0.25, 0.3) is 11.2 Å². The first-order chi connectivity index (χ1) is 11.1. The first-order valence-corrected chi connectivity index (χ1v) is 7.54. The zero-order valence-electron chi connectivity index (χ0n) is 14.3. The van der Waals surface area contributed by atoms with Crippen LogP contribution in [0.5, 0.6) is 0 Å². The van der Waals surface area contributed by atoms with E-state index in [-0.39, 0.29) is 35.5 Å². The van der Waals surface area contributed by atoms with E-state index < -0.39 is 17.1 Å². The van der Waals surface area contributed by atoms with Gasteiger partial charge in [-0.05, 0) is 20.8 Å². The van der Waals surface area contributed by atoms with E-state index in [0.29, 0.717) is 0 Å². The summed E-state index contributed by atoms with van der Waals surface area (Å²) in [7, 11) is 0. The Morgan fingerprint density at radius 3 is 2.62 bits per heavy atom. The van der Waals surface area contributed by atoms with Gasteiger partial charge in [-0.2, -0.15) is 4.98 Å². The molecule has 2 aromatic heterocycles. The lowest BCUT2D eigenvalue weighted by molar-refractivity contribution is -0.155. The molecule has 1 amide bonds. The summed E-state index contributed by atoms with van der Waals surface area (Å²) in [5.41, 5.74) is -0.836. The van der Waals surface area contributed by atoms with Crippen molar-refractivity contribution in [2.45, 2.75) is 46.8 Å². The summed E-state index contributed by atoms with van der Waals surface area (Å²) < 4.78 is 6.59. The first-order valence-electron chi connectivity index (χ1n) is 7.54. The molecule has 0 aliphatic heterocycles. The molecular formula is C15H21N5O4. The van der Waals surface area contributed by atoms with Crippen LogP contribution in [0.4, 0.5) is 5.95 Å². The summed E-state index contributed by atoms with van der Waals surface area (Å²) in [4.78, 5) is 46.4. The number of imidazole rings is 1. The number of hydrogen-bond acceptors (Lipinski definition) is 6. The predicted octanol–water partition coefficient (Wildman–Crippen LogP) is 1.06. The molecule has 0 fully saturated rings. The number of ether oxygens (including phenoxy) is 1. The smallest absolute Gasteiger partial charge is 0.326 e. The van der Waals surface area contributed by atoms with Gasteiger partial charge in [0.05, 0.1) is 6.33 Å². The van der Waals surface area contributed by atoms with Crippen LogP contribution in [0.15, 0.2) is 11.1 Å². The average molecular weight is 335 g/mol. The van der Waals surface area contributed by atoms with Crippen LogP contribution in [0.1, 0.15) is 34.6 Å². The lowest BCUT2D eigenvalue weighted by Crippen LogP contribution is -2.27. The Balaban J connectivity index is 2.28. The molecule has 9 nitrogen and oxygen atoms in total. The van der Waals surface area contributed by atoms with Crippen molar-refractivity contribution in [2.75, 3.05) is 5.32 Å². The van der Waals surface area contributed by atoms with Crippen molar-refractivity contribution in [1.82, 2.24) is 19.5 Å². The molecule has 0 spiro atoms. The van der Waals surface area contributed by atoms with Crippen molar-refractivity contribution in [3.05, 3.63) is 16.7 Å². The van der Waals surface area contributed by atoms with Gasteiger partial charge >= 0.3 is 5.97 Å². The molecule has 2 aromatic rings.